The van der Waals surface area contributed by atoms with Crippen LogP contribution in [0.3, 0.4) is 0 Å². The van der Waals surface area contributed by atoms with Gasteiger partial charge in [-0.05, 0) is 13.3 Å². The predicted molar refractivity (Wildman–Crippen MR) is 76.3 cm³/mol. The van der Waals surface area contributed by atoms with Crippen molar-refractivity contribution in [1.82, 2.24) is 24.9 Å². The summed E-state index contributed by atoms with van der Waals surface area (Å²) in [6.45, 7) is 5.24. The van der Waals surface area contributed by atoms with Crippen LogP contribution in [0.15, 0.2) is 24.8 Å². The van der Waals surface area contributed by atoms with Gasteiger partial charge in [0.15, 0.2) is 0 Å². The molecule has 0 saturated heterocycles. The lowest BCUT2D eigenvalue weighted by molar-refractivity contribution is -0.124. The topological polar surface area (TPSA) is 64.7 Å². The number of aromatic nitrogens is 4. The molecule has 2 heterocycles. The highest BCUT2D eigenvalue weighted by Gasteiger charge is 2.19. The van der Waals surface area contributed by atoms with Gasteiger partial charge in [-0.3, -0.25) is 14.2 Å². The zero-order valence-electron chi connectivity index (χ0n) is 11.6. The Hall–Kier alpha value is -1.82. The summed E-state index contributed by atoms with van der Waals surface area (Å²) >= 11 is 5.83. The van der Waals surface area contributed by atoms with Crippen molar-refractivity contribution in [3.05, 3.63) is 35.4 Å². The van der Waals surface area contributed by atoms with Gasteiger partial charge in [-0.2, -0.15) is 10.2 Å². The molecule has 1 amide bonds. The summed E-state index contributed by atoms with van der Waals surface area (Å²) < 4.78 is 3.42. The highest BCUT2D eigenvalue weighted by molar-refractivity contribution is 6.30. The Morgan fingerprint density at radius 1 is 1.35 bits per heavy atom. The van der Waals surface area contributed by atoms with E-state index >= 15 is 0 Å². The molecule has 0 spiro atoms. The average molecular weight is 296 g/mol. The van der Waals surface area contributed by atoms with Gasteiger partial charge in [0.2, 0.25) is 5.91 Å². The number of carbonyl (C=O) groups excluding carboxylic acids is 1. The zero-order chi connectivity index (χ0) is 14.5. The standard InChI is InChI=1S/C13H18ClN5O/c1-3-12(19-9-11(14)7-17-19)13(20)15-5-10-6-16-18(4-2)8-10/h6-9,12H,3-5H2,1-2H3,(H,15,20). The lowest BCUT2D eigenvalue weighted by Crippen LogP contribution is -2.32. The second kappa shape index (κ2) is 6.56. The van der Waals surface area contributed by atoms with Gasteiger partial charge < -0.3 is 5.32 Å². The van der Waals surface area contributed by atoms with E-state index in [1.807, 2.05) is 24.7 Å². The van der Waals surface area contributed by atoms with E-state index in [4.69, 9.17) is 11.6 Å². The summed E-state index contributed by atoms with van der Waals surface area (Å²) in [5, 5.41) is 11.7. The Morgan fingerprint density at radius 3 is 2.70 bits per heavy atom. The fourth-order valence-corrected chi connectivity index (χ4v) is 2.10. The molecule has 0 aromatic carbocycles. The molecule has 20 heavy (non-hydrogen) atoms. The van der Waals surface area contributed by atoms with Crippen LogP contribution in [0, 0.1) is 0 Å². The summed E-state index contributed by atoms with van der Waals surface area (Å²) in [5.74, 6) is -0.0727. The summed E-state index contributed by atoms with van der Waals surface area (Å²) in [6.07, 6.45) is 7.52. The van der Waals surface area contributed by atoms with E-state index < -0.39 is 0 Å². The summed E-state index contributed by atoms with van der Waals surface area (Å²) in [4.78, 5) is 12.2. The molecule has 0 aliphatic heterocycles. The SMILES string of the molecule is CCC(C(=O)NCc1cnn(CC)c1)n1cc(Cl)cn1. The summed E-state index contributed by atoms with van der Waals surface area (Å²) in [5.41, 5.74) is 0.980. The third kappa shape index (κ3) is 3.39. The van der Waals surface area contributed by atoms with Crippen molar-refractivity contribution in [3.8, 4) is 0 Å². The molecule has 108 valence electrons. The van der Waals surface area contributed by atoms with Crippen LogP contribution in [-0.2, 0) is 17.9 Å². The third-order valence-corrected chi connectivity index (χ3v) is 3.25. The number of rotatable bonds is 6. The van der Waals surface area contributed by atoms with Crippen LogP contribution in [0.5, 0.6) is 0 Å². The monoisotopic (exact) mass is 295 g/mol. The first-order valence-electron chi connectivity index (χ1n) is 6.62. The minimum atomic E-state index is -0.344. The first-order chi connectivity index (χ1) is 9.63. The Labute approximate surface area is 122 Å². The molecule has 7 heteroatoms. The maximum atomic E-state index is 12.2. The Morgan fingerprint density at radius 2 is 2.15 bits per heavy atom. The number of nitrogens with one attached hydrogen (secondary N) is 1. The lowest BCUT2D eigenvalue weighted by atomic mass is 10.2. The van der Waals surface area contributed by atoms with E-state index in [1.54, 1.807) is 17.1 Å². The molecule has 2 rings (SSSR count). The molecule has 0 aliphatic rings. The van der Waals surface area contributed by atoms with Crippen LogP contribution in [0.4, 0.5) is 0 Å². The van der Waals surface area contributed by atoms with E-state index in [9.17, 15) is 4.79 Å². The van der Waals surface area contributed by atoms with E-state index in [0.29, 0.717) is 18.0 Å². The second-order valence-corrected chi connectivity index (χ2v) is 4.92. The first-order valence-corrected chi connectivity index (χ1v) is 7.00. The number of carbonyl (C=O) groups is 1. The molecule has 6 nitrogen and oxygen atoms in total. The van der Waals surface area contributed by atoms with Crippen LogP contribution in [0.2, 0.25) is 5.02 Å². The maximum Gasteiger partial charge on any atom is 0.245 e. The number of amides is 1. The van der Waals surface area contributed by atoms with Gasteiger partial charge in [-0.25, -0.2) is 0 Å². The Bertz CT molecular complexity index is 577. The number of nitrogens with zero attached hydrogens (tertiary/aromatic N) is 4. The molecule has 0 bridgehead atoms. The fraction of sp³-hybridized carbons (Fsp3) is 0.462. The van der Waals surface area contributed by atoms with Gasteiger partial charge >= 0.3 is 0 Å². The largest absolute Gasteiger partial charge is 0.350 e. The smallest absolute Gasteiger partial charge is 0.245 e. The van der Waals surface area contributed by atoms with Gasteiger partial charge in [0, 0.05) is 31.0 Å². The molecule has 0 fully saturated rings. The number of hydrogen-bond donors (Lipinski definition) is 1. The van der Waals surface area contributed by atoms with Gasteiger partial charge in [0.25, 0.3) is 0 Å². The quantitative estimate of drug-likeness (QED) is 0.887. The molecule has 2 aromatic heterocycles. The average Bonchev–Trinajstić information content (AvgIpc) is 3.06. The highest BCUT2D eigenvalue weighted by Crippen LogP contribution is 2.14. The van der Waals surface area contributed by atoms with E-state index in [0.717, 1.165) is 12.1 Å². The number of hydrogen-bond acceptors (Lipinski definition) is 3. The highest BCUT2D eigenvalue weighted by atomic mass is 35.5. The van der Waals surface area contributed by atoms with Crippen molar-refractivity contribution >= 4 is 17.5 Å². The Balaban J connectivity index is 1.95. The van der Waals surface area contributed by atoms with Crippen LogP contribution in [0.25, 0.3) is 0 Å². The molecule has 0 saturated carbocycles. The van der Waals surface area contributed by atoms with Crippen molar-refractivity contribution in [2.45, 2.75) is 39.4 Å². The molecule has 0 radical (unpaired) electrons. The van der Waals surface area contributed by atoms with E-state index in [1.165, 1.54) is 6.20 Å². The van der Waals surface area contributed by atoms with Crippen molar-refractivity contribution < 1.29 is 4.79 Å². The number of aryl methyl sites for hydroxylation is 1. The van der Waals surface area contributed by atoms with Gasteiger partial charge in [-0.1, -0.05) is 18.5 Å². The van der Waals surface area contributed by atoms with Crippen molar-refractivity contribution in [3.63, 3.8) is 0 Å². The van der Waals surface area contributed by atoms with Crippen LogP contribution < -0.4 is 5.32 Å². The molecule has 2 aromatic rings. The molecular formula is C13H18ClN5O. The van der Waals surface area contributed by atoms with Gasteiger partial charge in [0.1, 0.15) is 6.04 Å². The lowest BCUT2D eigenvalue weighted by Gasteiger charge is -2.15. The molecule has 1 atom stereocenters. The van der Waals surface area contributed by atoms with Gasteiger partial charge in [-0.15, -0.1) is 0 Å². The minimum absolute atomic E-state index is 0.0727. The van der Waals surface area contributed by atoms with Crippen molar-refractivity contribution in [2.24, 2.45) is 0 Å². The van der Waals surface area contributed by atoms with Crippen molar-refractivity contribution in [1.29, 1.82) is 0 Å². The van der Waals surface area contributed by atoms with E-state index in [-0.39, 0.29) is 11.9 Å². The normalized spacial score (nSPS) is 12.3. The molecule has 1 unspecified atom stereocenters. The van der Waals surface area contributed by atoms with Crippen LogP contribution in [0.1, 0.15) is 31.9 Å². The molecule has 1 N–H and O–H groups in total. The summed E-state index contributed by atoms with van der Waals surface area (Å²) in [7, 11) is 0. The van der Waals surface area contributed by atoms with Crippen LogP contribution >= 0.6 is 11.6 Å². The fourth-order valence-electron chi connectivity index (χ4n) is 1.96. The predicted octanol–water partition coefficient (Wildman–Crippen LogP) is 2.02. The van der Waals surface area contributed by atoms with Crippen LogP contribution in [-0.4, -0.2) is 25.5 Å². The molecule has 0 aliphatic carbocycles. The first kappa shape index (κ1) is 14.6. The maximum absolute atomic E-state index is 12.2. The zero-order valence-corrected chi connectivity index (χ0v) is 12.3. The third-order valence-electron chi connectivity index (χ3n) is 3.06. The summed E-state index contributed by atoms with van der Waals surface area (Å²) in [6, 6.07) is -0.344. The van der Waals surface area contributed by atoms with Gasteiger partial charge in [0.05, 0.1) is 17.4 Å². The molecular weight excluding hydrogens is 278 g/mol. The Kier molecular flexibility index (Phi) is 4.79. The van der Waals surface area contributed by atoms with Crippen molar-refractivity contribution in [2.75, 3.05) is 0 Å². The second-order valence-electron chi connectivity index (χ2n) is 4.48. The number of halogens is 1. The van der Waals surface area contributed by atoms with E-state index in [2.05, 4.69) is 15.5 Å². The minimum Gasteiger partial charge on any atom is -0.350 e.